The van der Waals surface area contributed by atoms with Gasteiger partial charge < -0.3 is 15.4 Å². The summed E-state index contributed by atoms with van der Waals surface area (Å²) in [5, 5.41) is 6.18. The first-order valence-corrected chi connectivity index (χ1v) is 7.96. The summed E-state index contributed by atoms with van der Waals surface area (Å²) in [6, 6.07) is 6.63. The standard InChI is InChI=1S/C16H21BrN2O2/c1-3-8-18-16(20)11(2)21-15-7-4-12(9-14(15)17)10-19-13-5-6-13/h3-4,7,9,11,13,19H,1,5-6,8,10H2,2H3,(H,18,20). The Balaban J connectivity index is 1.89. The zero-order valence-electron chi connectivity index (χ0n) is 12.2. The molecule has 1 aliphatic rings. The fourth-order valence-corrected chi connectivity index (χ4v) is 2.38. The molecule has 1 fully saturated rings. The second-order valence-electron chi connectivity index (χ2n) is 5.21. The minimum atomic E-state index is -0.545. The van der Waals surface area contributed by atoms with E-state index in [4.69, 9.17) is 4.74 Å². The molecule has 1 unspecified atom stereocenters. The van der Waals surface area contributed by atoms with Crippen molar-refractivity contribution in [2.45, 2.75) is 38.5 Å². The third-order valence-corrected chi connectivity index (χ3v) is 3.88. The number of carbonyl (C=O) groups is 1. The zero-order valence-corrected chi connectivity index (χ0v) is 13.8. The van der Waals surface area contributed by atoms with Gasteiger partial charge in [-0.15, -0.1) is 6.58 Å². The van der Waals surface area contributed by atoms with E-state index in [1.165, 1.54) is 18.4 Å². The number of rotatable bonds is 8. The Hall–Kier alpha value is -1.33. The van der Waals surface area contributed by atoms with E-state index in [-0.39, 0.29) is 5.91 Å². The lowest BCUT2D eigenvalue weighted by Gasteiger charge is -2.16. The van der Waals surface area contributed by atoms with Crippen LogP contribution >= 0.6 is 15.9 Å². The van der Waals surface area contributed by atoms with Gasteiger partial charge in [-0.1, -0.05) is 12.1 Å². The average molecular weight is 353 g/mol. The molecule has 5 heteroatoms. The molecule has 2 N–H and O–H groups in total. The molecule has 0 saturated heterocycles. The summed E-state index contributed by atoms with van der Waals surface area (Å²) >= 11 is 3.50. The second-order valence-corrected chi connectivity index (χ2v) is 6.07. The highest BCUT2D eigenvalue weighted by atomic mass is 79.9. The lowest BCUT2D eigenvalue weighted by atomic mass is 10.2. The minimum Gasteiger partial charge on any atom is -0.480 e. The molecule has 114 valence electrons. The summed E-state index contributed by atoms with van der Waals surface area (Å²) in [5.74, 6) is 0.521. The number of hydrogen-bond donors (Lipinski definition) is 2. The Morgan fingerprint density at radius 1 is 1.57 bits per heavy atom. The molecular weight excluding hydrogens is 332 g/mol. The molecule has 0 aromatic heterocycles. The molecule has 0 heterocycles. The molecule has 1 atom stereocenters. The van der Waals surface area contributed by atoms with Gasteiger partial charge in [0.2, 0.25) is 0 Å². The predicted molar refractivity (Wildman–Crippen MR) is 87.3 cm³/mol. The van der Waals surface area contributed by atoms with Crippen LogP contribution in [0.25, 0.3) is 0 Å². The van der Waals surface area contributed by atoms with E-state index in [2.05, 4.69) is 33.1 Å². The molecule has 0 bridgehead atoms. The molecule has 0 radical (unpaired) electrons. The first kappa shape index (κ1) is 16.0. The van der Waals surface area contributed by atoms with Gasteiger partial charge in [0.25, 0.3) is 5.91 Å². The van der Waals surface area contributed by atoms with E-state index in [1.54, 1.807) is 13.0 Å². The van der Waals surface area contributed by atoms with Gasteiger partial charge in [0.05, 0.1) is 4.47 Å². The topological polar surface area (TPSA) is 50.4 Å². The molecule has 21 heavy (non-hydrogen) atoms. The zero-order chi connectivity index (χ0) is 15.2. The summed E-state index contributed by atoms with van der Waals surface area (Å²) in [6.45, 7) is 6.60. The first-order chi connectivity index (χ1) is 10.1. The van der Waals surface area contributed by atoms with E-state index in [0.717, 1.165) is 11.0 Å². The predicted octanol–water partition coefficient (Wildman–Crippen LogP) is 2.77. The van der Waals surface area contributed by atoms with E-state index in [1.807, 2.05) is 18.2 Å². The highest BCUT2D eigenvalue weighted by Gasteiger charge is 2.20. The summed E-state index contributed by atoms with van der Waals surface area (Å²) in [4.78, 5) is 11.8. The van der Waals surface area contributed by atoms with Crippen molar-refractivity contribution in [1.82, 2.24) is 10.6 Å². The Morgan fingerprint density at radius 3 is 2.95 bits per heavy atom. The maximum atomic E-state index is 11.8. The monoisotopic (exact) mass is 352 g/mol. The second kappa shape index (κ2) is 7.61. The van der Waals surface area contributed by atoms with Crippen molar-refractivity contribution >= 4 is 21.8 Å². The quantitative estimate of drug-likeness (QED) is 0.707. The van der Waals surface area contributed by atoms with E-state index < -0.39 is 6.10 Å². The smallest absolute Gasteiger partial charge is 0.261 e. The van der Waals surface area contributed by atoms with E-state index in [0.29, 0.717) is 18.3 Å². The molecule has 0 aliphatic heterocycles. The van der Waals surface area contributed by atoms with Gasteiger partial charge in [-0.2, -0.15) is 0 Å². The van der Waals surface area contributed by atoms with Crippen LogP contribution in [0, 0.1) is 0 Å². The molecule has 0 spiro atoms. The van der Waals surface area contributed by atoms with E-state index in [9.17, 15) is 4.79 Å². The lowest BCUT2D eigenvalue weighted by molar-refractivity contribution is -0.127. The van der Waals surface area contributed by atoms with Gasteiger partial charge in [-0.05, 0) is 53.4 Å². The fraction of sp³-hybridized carbons (Fsp3) is 0.438. The van der Waals surface area contributed by atoms with Crippen molar-refractivity contribution in [2.75, 3.05) is 6.54 Å². The van der Waals surface area contributed by atoms with Gasteiger partial charge in [0.15, 0.2) is 6.10 Å². The Bertz CT molecular complexity index is 515. The first-order valence-electron chi connectivity index (χ1n) is 7.17. The van der Waals surface area contributed by atoms with Crippen molar-refractivity contribution in [3.63, 3.8) is 0 Å². The number of benzene rings is 1. The van der Waals surface area contributed by atoms with Crippen LogP contribution in [-0.4, -0.2) is 24.6 Å². The number of ether oxygens (including phenoxy) is 1. The molecule has 1 aliphatic carbocycles. The van der Waals surface area contributed by atoms with Crippen LogP contribution in [0.2, 0.25) is 0 Å². The Kier molecular flexibility index (Phi) is 5.82. The van der Waals surface area contributed by atoms with Gasteiger partial charge in [-0.3, -0.25) is 4.79 Å². The van der Waals surface area contributed by atoms with Gasteiger partial charge in [-0.25, -0.2) is 0 Å². The number of halogens is 1. The van der Waals surface area contributed by atoms with Crippen molar-refractivity contribution < 1.29 is 9.53 Å². The Morgan fingerprint density at radius 2 is 2.33 bits per heavy atom. The van der Waals surface area contributed by atoms with Crippen LogP contribution < -0.4 is 15.4 Å². The maximum absolute atomic E-state index is 11.8. The molecule has 1 amide bonds. The van der Waals surface area contributed by atoms with Gasteiger partial charge in [0, 0.05) is 19.1 Å². The molecule has 1 aromatic carbocycles. The van der Waals surface area contributed by atoms with Crippen LogP contribution in [0.5, 0.6) is 5.75 Å². The van der Waals surface area contributed by atoms with Crippen molar-refractivity contribution in [3.05, 3.63) is 40.9 Å². The van der Waals surface area contributed by atoms with Gasteiger partial charge >= 0.3 is 0 Å². The molecule has 2 rings (SSSR count). The van der Waals surface area contributed by atoms with Crippen molar-refractivity contribution in [3.8, 4) is 5.75 Å². The molecular formula is C16H21BrN2O2. The van der Waals surface area contributed by atoms with Crippen molar-refractivity contribution in [1.29, 1.82) is 0 Å². The largest absolute Gasteiger partial charge is 0.480 e. The molecule has 1 saturated carbocycles. The highest BCUT2D eigenvalue weighted by molar-refractivity contribution is 9.10. The Labute approximate surface area is 134 Å². The third kappa shape index (κ3) is 5.17. The third-order valence-electron chi connectivity index (χ3n) is 3.26. The SMILES string of the molecule is C=CCNC(=O)C(C)Oc1ccc(CNC2CC2)cc1Br. The number of nitrogens with one attached hydrogen (secondary N) is 2. The number of amides is 1. The van der Waals surface area contributed by atoms with E-state index >= 15 is 0 Å². The average Bonchev–Trinajstić information content (AvgIpc) is 3.29. The lowest BCUT2D eigenvalue weighted by Crippen LogP contribution is -2.36. The maximum Gasteiger partial charge on any atom is 0.261 e. The fourth-order valence-electron chi connectivity index (χ4n) is 1.86. The highest BCUT2D eigenvalue weighted by Crippen LogP contribution is 2.27. The number of carbonyl (C=O) groups excluding carboxylic acids is 1. The summed E-state index contributed by atoms with van der Waals surface area (Å²) < 4.78 is 6.55. The van der Waals surface area contributed by atoms with Crippen LogP contribution in [0.15, 0.2) is 35.3 Å². The normalized spacial score (nSPS) is 15.3. The van der Waals surface area contributed by atoms with Gasteiger partial charge in [0.1, 0.15) is 5.75 Å². The minimum absolute atomic E-state index is 0.152. The van der Waals surface area contributed by atoms with Crippen LogP contribution in [-0.2, 0) is 11.3 Å². The summed E-state index contributed by atoms with van der Waals surface area (Å²) in [7, 11) is 0. The molecule has 1 aromatic rings. The van der Waals surface area contributed by atoms with Crippen molar-refractivity contribution in [2.24, 2.45) is 0 Å². The number of hydrogen-bond acceptors (Lipinski definition) is 3. The van der Waals surface area contributed by atoms with Crippen LogP contribution in [0.1, 0.15) is 25.3 Å². The molecule has 4 nitrogen and oxygen atoms in total. The van der Waals surface area contributed by atoms with Crippen LogP contribution in [0.4, 0.5) is 0 Å². The van der Waals surface area contributed by atoms with Crippen LogP contribution in [0.3, 0.4) is 0 Å². The summed E-state index contributed by atoms with van der Waals surface area (Å²) in [5.41, 5.74) is 1.20. The summed E-state index contributed by atoms with van der Waals surface area (Å²) in [6.07, 6.45) is 3.65.